The number of halogens is 1. The lowest BCUT2D eigenvalue weighted by molar-refractivity contribution is 0.0418. The molecule has 1 rings (SSSR count). The molecule has 0 radical (unpaired) electrons. The lowest BCUT2D eigenvalue weighted by Gasteiger charge is -2.23. The number of nitrogens with zero attached hydrogens (tertiary/aromatic N) is 1. The van der Waals surface area contributed by atoms with Gasteiger partial charge in [0.15, 0.2) is 5.96 Å². The Morgan fingerprint density at radius 1 is 1.32 bits per heavy atom. The van der Waals surface area contributed by atoms with Gasteiger partial charge in [0, 0.05) is 23.9 Å². The van der Waals surface area contributed by atoms with Crippen molar-refractivity contribution in [3.8, 4) is 0 Å². The third-order valence-corrected chi connectivity index (χ3v) is 4.90. The van der Waals surface area contributed by atoms with Crippen molar-refractivity contribution in [2.75, 3.05) is 19.6 Å². The molecule has 0 aromatic carbocycles. The molecule has 0 aliphatic carbocycles. The minimum atomic E-state index is -0.693. The fourth-order valence-electron chi connectivity index (χ4n) is 1.96. The van der Waals surface area contributed by atoms with E-state index in [0.29, 0.717) is 12.5 Å². The van der Waals surface area contributed by atoms with Gasteiger partial charge in [-0.3, -0.25) is 4.99 Å². The summed E-state index contributed by atoms with van der Waals surface area (Å²) in [5.41, 5.74) is -0.693. The van der Waals surface area contributed by atoms with Gasteiger partial charge in [0.1, 0.15) is 0 Å². The molecular formula is C16H30IN3OS. The van der Waals surface area contributed by atoms with Crippen LogP contribution < -0.4 is 10.6 Å². The second-order valence-corrected chi connectivity index (χ2v) is 6.40. The Morgan fingerprint density at radius 2 is 2.00 bits per heavy atom. The van der Waals surface area contributed by atoms with Gasteiger partial charge >= 0.3 is 0 Å². The van der Waals surface area contributed by atoms with Crippen LogP contribution in [0.5, 0.6) is 0 Å². The van der Waals surface area contributed by atoms with Crippen molar-refractivity contribution in [1.82, 2.24) is 10.6 Å². The van der Waals surface area contributed by atoms with E-state index in [0.717, 1.165) is 31.9 Å². The zero-order chi connectivity index (χ0) is 15.7. The van der Waals surface area contributed by atoms with Gasteiger partial charge < -0.3 is 15.7 Å². The second-order valence-electron chi connectivity index (χ2n) is 5.42. The molecule has 0 spiro atoms. The Balaban J connectivity index is 0.00000441. The fraction of sp³-hybridized carbons (Fsp3) is 0.688. The zero-order valence-corrected chi connectivity index (χ0v) is 17.2. The van der Waals surface area contributed by atoms with Crippen molar-refractivity contribution in [1.29, 1.82) is 0 Å². The standard InChI is InChI=1S/C16H29N3OS.HI/c1-5-16(20,6-2)12-19-15(17-7-3)18-11-13(4)14-9-8-10-21-14;/h8-10,13,20H,5-7,11-12H2,1-4H3,(H2,17,18,19);1H. The molecule has 3 N–H and O–H groups in total. The molecule has 0 bridgehead atoms. The maximum absolute atomic E-state index is 10.3. The van der Waals surface area contributed by atoms with Gasteiger partial charge in [-0.05, 0) is 31.2 Å². The molecule has 4 nitrogen and oxygen atoms in total. The number of aliphatic imine (C=N–C) groups is 1. The molecule has 0 aliphatic heterocycles. The van der Waals surface area contributed by atoms with Crippen molar-refractivity contribution < 1.29 is 5.11 Å². The summed E-state index contributed by atoms with van der Waals surface area (Å²) < 4.78 is 0. The number of aliphatic hydroxyl groups is 1. The molecule has 0 saturated heterocycles. The minimum absolute atomic E-state index is 0. The van der Waals surface area contributed by atoms with Crippen molar-refractivity contribution in [2.45, 2.75) is 52.1 Å². The molecular weight excluding hydrogens is 409 g/mol. The summed E-state index contributed by atoms with van der Waals surface area (Å²) in [7, 11) is 0. The van der Waals surface area contributed by atoms with E-state index in [2.05, 4.69) is 40.1 Å². The SMILES string of the molecule is CCNC(=NCC(O)(CC)CC)NCC(C)c1cccs1.I. The topological polar surface area (TPSA) is 56.7 Å². The van der Waals surface area contributed by atoms with Gasteiger partial charge in [-0.15, -0.1) is 35.3 Å². The van der Waals surface area contributed by atoms with Gasteiger partial charge in [-0.1, -0.05) is 26.8 Å². The minimum Gasteiger partial charge on any atom is -0.388 e. The van der Waals surface area contributed by atoms with E-state index in [1.807, 2.05) is 20.8 Å². The highest BCUT2D eigenvalue weighted by molar-refractivity contribution is 14.0. The molecule has 1 unspecified atom stereocenters. The summed E-state index contributed by atoms with van der Waals surface area (Å²) in [6.07, 6.45) is 1.44. The van der Waals surface area contributed by atoms with Crippen LogP contribution in [-0.4, -0.2) is 36.3 Å². The van der Waals surface area contributed by atoms with E-state index in [1.54, 1.807) is 11.3 Å². The first-order valence-electron chi connectivity index (χ1n) is 7.82. The Labute approximate surface area is 155 Å². The van der Waals surface area contributed by atoms with Crippen LogP contribution in [0, 0.1) is 0 Å². The lowest BCUT2D eigenvalue weighted by atomic mass is 9.98. The Morgan fingerprint density at radius 3 is 2.50 bits per heavy atom. The average molecular weight is 439 g/mol. The van der Waals surface area contributed by atoms with Crippen molar-refractivity contribution in [3.05, 3.63) is 22.4 Å². The maximum Gasteiger partial charge on any atom is 0.191 e. The molecule has 128 valence electrons. The van der Waals surface area contributed by atoms with Crippen molar-refractivity contribution >= 4 is 41.3 Å². The van der Waals surface area contributed by atoms with Crippen LogP contribution in [0.25, 0.3) is 0 Å². The summed E-state index contributed by atoms with van der Waals surface area (Å²) in [6.45, 7) is 10.3. The van der Waals surface area contributed by atoms with E-state index >= 15 is 0 Å². The van der Waals surface area contributed by atoms with E-state index in [4.69, 9.17) is 0 Å². The normalized spacial score (nSPS) is 13.4. The van der Waals surface area contributed by atoms with Gasteiger partial charge in [-0.2, -0.15) is 0 Å². The molecule has 0 fully saturated rings. The summed E-state index contributed by atoms with van der Waals surface area (Å²) >= 11 is 1.78. The van der Waals surface area contributed by atoms with Gasteiger partial charge in [0.2, 0.25) is 0 Å². The highest BCUT2D eigenvalue weighted by atomic mass is 127. The predicted octanol–water partition coefficient (Wildman–Crippen LogP) is 3.58. The summed E-state index contributed by atoms with van der Waals surface area (Å²) in [5, 5.41) is 19.0. The molecule has 22 heavy (non-hydrogen) atoms. The van der Waals surface area contributed by atoms with E-state index < -0.39 is 5.60 Å². The van der Waals surface area contributed by atoms with Gasteiger partial charge in [-0.25, -0.2) is 0 Å². The number of nitrogens with one attached hydrogen (secondary N) is 2. The average Bonchev–Trinajstić information content (AvgIpc) is 3.03. The van der Waals surface area contributed by atoms with Gasteiger partial charge in [0.25, 0.3) is 0 Å². The van der Waals surface area contributed by atoms with Crippen molar-refractivity contribution in [2.24, 2.45) is 4.99 Å². The molecule has 1 atom stereocenters. The predicted molar refractivity (Wildman–Crippen MR) is 108 cm³/mol. The summed E-state index contributed by atoms with van der Waals surface area (Å²) in [6, 6.07) is 4.24. The molecule has 0 aliphatic rings. The van der Waals surface area contributed by atoms with Crippen LogP contribution in [0.4, 0.5) is 0 Å². The van der Waals surface area contributed by atoms with E-state index in [-0.39, 0.29) is 24.0 Å². The Hall–Kier alpha value is -0.340. The van der Waals surface area contributed by atoms with Gasteiger partial charge in [0.05, 0.1) is 12.1 Å². The maximum atomic E-state index is 10.3. The lowest BCUT2D eigenvalue weighted by Crippen LogP contribution is -2.41. The first kappa shape index (κ1) is 21.7. The molecule has 0 amide bonds. The smallest absolute Gasteiger partial charge is 0.191 e. The van der Waals surface area contributed by atoms with Crippen LogP contribution >= 0.6 is 35.3 Å². The van der Waals surface area contributed by atoms with Crippen LogP contribution in [0.15, 0.2) is 22.5 Å². The highest BCUT2D eigenvalue weighted by Crippen LogP contribution is 2.19. The third kappa shape index (κ3) is 7.28. The monoisotopic (exact) mass is 439 g/mol. The number of rotatable bonds is 8. The number of hydrogen-bond donors (Lipinski definition) is 3. The van der Waals surface area contributed by atoms with Crippen LogP contribution in [0.1, 0.15) is 51.3 Å². The van der Waals surface area contributed by atoms with Crippen LogP contribution in [0.3, 0.4) is 0 Å². The zero-order valence-electron chi connectivity index (χ0n) is 14.1. The van der Waals surface area contributed by atoms with Crippen LogP contribution in [0.2, 0.25) is 0 Å². The number of thiophene rings is 1. The second kappa shape index (κ2) is 11.2. The molecule has 6 heteroatoms. The largest absolute Gasteiger partial charge is 0.388 e. The number of guanidine groups is 1. The summed E-state index contributed by atoms with van der Waals surface area (Å²) in [4.78, 5) is 5.90. The van der Waals surface area contributed by atoms with Crippen LogP contribution in [-0.2, 0) is 0 Å². The third-order valence-electron chi connectivity index (χ3n) is 3.80. The summed E-state index contributed by atoms with van der Waals surface area (Å²) in [5.74, 6) is 1.23. The molecule has 1 heterocycles. The van der Waals surface area contributed by atoms with E-state index in [1.165, 1.54) is 4.88 Å². The first-order chi connectivity index (χ1) is 10.0. The Bertz CT molecular complexity index is 419. The number of hydrogen-bond acceptors (Lipinski definition) is 3. The quantitative estimate of drug-likeness (QED) is 0.330. The van der Waals surface area contributed by atoms with E-state index in [9.17, 15) is 5.11 Å². The Kier molecular flexibility index (Phi) is 11.1. The van der Waals surface area contributed by atoms with Crippen molar-refractivity contribution in [3.63, 3.8) is 0 Å². The highest BCUT2D eigenvalue weighted by Gasteiger charge is 2.21. The molecule has 1 aromatic heterocycles. The fourth-order valence-corrected chi connectivity index (χ4v) is 2.75. The first-order valence-corrected chi connectivity index (χ1v) is 8.70. The molecule has 0 saturated carbocycles. The molecule has 1 aromatic rings.